The van der Waals surface area contributed by atoms with Crippen LogP contribution in [0.2, 0.25) is 0 Å². The molecule has 110 valence electrons. The second-order valence-electron chi connectivity index (χ2n) is 4.80. The molecule has 0 saturated carbocycles. The molecule has 2 heteroatoms. The van der Waals surface area contributed by atoms with E-state index in [0.717, 1.165) is 24.8 Å². The molecule has 0 heterocycles. The minimum atomic E-state index is -0.176. The molecule has 0 aliphatic rings. The summed E-state index contributed by atoms with van der Waals surface area (Å²) in [6, 6.07) is 13.3. The second kappa shape index (κ2) is 8.94. The Balaban J connectivity index is 0.00000106. The van der Waals surface area contributed by atoms with Gasteiger partial charge in [0.2, 0.25) is 0 Å². The Morgan fingerprint density at radius 2 is 1.71 bits per heavy atom. The van der Waals surface area contributed by atoms with Crippen molar-refractivity contribution < 1.29 is 4.39 Å². The van der Waals surface area contributed by atoms with Gasteiger partial charge in [0.05, 0.1) is 0 Å². The first kappa shape index (κ1) is 16.9. The summed E-state index contributed by atoms with van der Waals surface area (Å²) in [5, 5.41) is 0. The molecule has 0 aromatic heterocycles. The van der Waals surface area contributed by atoms with Crippen LogP contribution in [-0.2, 0) is 19.3 Å². The van der Waals surface area contributed by atoms with E-state index < -0.39 is 0 Å². The fourth-order valence-corrected chi connectivity index (χ4v) is 2.40. The van der Waals surface area contributed by atoms with Gasteiger partial charge in [-0.05, 0) is 60.2 Å². The highest BCUT2D eigenvalue weighted by molar-refractivity contribution is 5.35. The Morgan fingerprint density at radius 1 is 1.00 bits per heavy atom. The molecule has 0 amide bonds. The van der Waals surface area contributed by atoms with Crippen LogP contribution in [0.5, 0.6) is 0 Å². The van der Waals surface area contributed by atoms with Crippen LogP contribution in [0.1, 0.15) is 29.2 Å². The summed E-state index contributed by atoms with van der Waals surface area (Å²) in [7, 11) is 0. The minimum absolute atomic E-state index is 0.176. The van der Waals surface area contributed by atoms with Gasteiger partial charge in [0.15, 0.2) is 0 Å². The van der Waals surface area contributed by atoms with E-state index in [1.807, 2.05) is 6.07 Å². The molecule has 0 aliphatic heterocycles. The number of terminal acetylenes is 1. The van der Waals surface area contributed by atoms with Gasteiger partial charge >= 0.3 is 0 Å². The Morgan fingerprint density at radius 3 is 2.33 bits per heavy atom. The van der Waals surface area contributed by atoms with Crippen molar-refractivity contribution in [2.75, 3.05) is 6.54 Å². The standard InChI is InChI=1S/C17H20FN.C2H2/c1-2-15-7-6-14(11-16(15)8-9-19)10-13-4-3-5-17(18)12-13;1-2/h3-7,11-12H,2,8-10,19H2,1H3;1-2H. The van der Waals surface area contributed by atoms with E-state index in [0.29, 0.717) is 6.54 Å². The topological polar surface area (TPSA) is 26.0 Å². The molecule has 0 aliphatic carbocycles. The number of halogens is 1. The van der Waals surface area contributed by atoms with Gasteiger partial charge in [-0.2, -0.15) is 0 Å². The second-order valence-corrected chi connectivity index (χ2v) is 4.80. The van der Waals surface area contributed by atoms with E-state index in [1.54, 1.807) is 12.1 Å². The molecular formula is C19H22FN. The molecule has 0 saturated heterocycles. The maximum Gasteiger partial charge on any atom is 0.123 e. The molecule has 2 aromatic carbocycles. The smallest absolute Gasteiger partial charge is 0.123 e. The van der Waals surface area contributed by atoms with Crippen LogP contribution in [0.3, 0.4) is 0 Å². The average Bonchev–Trinajstić information content (AvgIpc) is 2.50. The van der Waals surface area contributed by atoms with Gasteiger partial charge in [-0.15, -0.1) is 12.8 Å². The minimum Gasteiger partial charge on any atom is -0.330 e. The number of aryl methyl sites for hydroxylation is 1. The van der Waals surface area contributed by atoms with E-state index in [9.17, 15) is 4.39 Å². The first-order valence-electron chi connectivity index (χ1n) is 7.11. The van der Waals surface area contributed by atoms with Crippen molar-refractivity contribution in [3.63, 3.8) is 0 Å². The highest BCUT2D eigenvalue weighted by Crippen LogP contribution is 2.17. The van der Waals surface area contributed by atoms with Crippen LogP contribution < -0.4 is 5.73 Å². The third-order valence-electron chi connectivity index (χ3n) is 3.36. The predicted molar refractivity (Wildman–Crippen MR) is 87.7 cm³/mol. The zero-order chi connectivity index (χ0) is 15.7. The van der Waals surface area contributed by atoms with Crippen LogP contribution in [0.4, 0.5) is 4.39 Å². The third-order valence-corrected chi connectivity index (χ3v) is 3.36. The largest absolute Gasteiger partial charge is 0.330 e. The molecular weight excluding hydrogens is 261 g/mol. The number of hydrogen-bond donors (Lipinski definition) is 1. The van der Waals surface area contributed by atoms with E-state index in [1.165, 1.54) is 22.8 Å². The first-order chi connectivity index (χ1) is 10.2. The lowest BCUT2D eigenvalue weighted by molar-refractivity contribution is 0.626. The lowest BCUT2D eigenvalue weighted by Crippen LogP contribution is -2.06. The zero-order valence-electron chi connectivity index (χ0n) is 12.5. The van der Waals surface area contributed by atoms with Crippen molar-refractivity contribution in [1.82, 2.24) is 0 Å². The van der Waals surface area contributed by atoms with Crippen LogP contribution in [-0.4, -0.2) is 6.54 Å². The van der Waals surface area contributed by atoms with Crippen molar-refractivity contribution in [3.8, 4) is 12.8 Å². The fourth-order valence-electron chi connectivity index (χ4n) is 2.40. The van der Waals surface area contributed by atoms with E-state index in [-0.39, 0.29) is 5.82 Å². The van der Waals surface area contributed by atoms with Gasteiger partial charge < -0.3 is 5.73 Å². The molecule has 2 aromatic rings. The zero-order valence-corrected chi connectivity index (χ0v) is 12.5. The van der Waals surface area contributed by atoms with E-state index in [4.69, 9.17) is 5.73 Å². The van der Waals surface area contributed by atoms with Crippen molar-refractivity contribution in [2.24, 2.45) is 5.73 Å². The Labute approximate surface area is 127 Å². The van der Waals surface area contributed by atoms with Crippen LogP contribution in [0, 0.1) is 18.7 Å². The molecule has 0 unspecified atom stereocenters. The Kier molecular flexibility index (Phi) is 7.21. The first-order valence-corrected chi connectivity index (χ1v) is 7.11. The van der Waals surface area contributed by atoms with Gasteiger partial charge in [0.25, 0.3) is 0 Å². The molecule has 2 N–H and O–H groups in total. The van der Waals surface area contributed by atoms with Gasteiger partial charge in [-0.25, -0.2) is 4.39 Å². The lowest BCUT2D eigenvalue weighted by atomic mass is 9.96. The van der Waals surface area contributed by atoms with Gasteiger partial charge in [0, 0.05) is 0 Å². The van der Waals surface area contributed by atoms with E-state index >= 15 is 0 Å². The van der Waals surface area contributed by atoms with Crippen molar-refractivity contribution in [1.29, 1.82) is 0 Å². The number of benzene rings is 2. The Bertz CT molecular complexity index is 587. The molecule has 21 heavy (non-hydrogen) atoms. The average molecular weight is 283 g/mol. The quantitative estimate of drug-likeness (QED) is 0.831. The predicted octanol–water partition coefficient (Wildman–Crippen LogP) is 3.73. The highest BCUT2D eigenvalue weighted by Gasteiger charge is 2.04. The SMILES string of the molecule is C#C.CCc1ccc(Cc2cccc(F)c2)cc1CCN. The summed E-state index contributed by atoms with van der Waals surface area (Å²) in [4.78, 5) is 0. The molecule has 2 rings (SSSR count). The number of nitrogens with two attached hydrogens (primary N) is 1. The molecule has 0 fully saturated rings. The monoisotopic (exact) mass is 283 g/mol. The molecule has 0 atom stereocenters. The van der Waals surface area contributed by atoms with Gasteiger partial charge in [-0.3, -0.25) is 0 Å². The van der Waals surface area contributed by atoms with Crippen molar-refractivity contribution in [3.05, 3.63) is 70.5 Å². The maximum atomic E-state index is 13.2. The van der Waals surface area contributed by atoms with Crippen molar-refractivity contribution >= 4 is 0 Å². The van der Waals surface area contributed by atoms with Crippen molar-refractivity contribution in [2.45, 2.75) is 26.2 Å². The Hall–Kier alpha value is -2.11. The molecule has 0 radical (unpaired) electrons. The summed E-state index contributed by atoms with van der Waals surface area (Å²) in [5.41, 5.74) is 10.5. The summed E-state index contributed by atoms with van der Waals surface area (Å²) < 4.78 is 13.2. The van der Waals surface area contributed by atoms with Gasteiger partial charge in [-0.1, -0.05) is 37.3 Å². The lowest BCUT2D eigenvalue weighted by Gasteiger charge is -2.10. The molecule has 0 spiro atoms. The third kappa shape index (κ3) is 5.06. The fraction of sp³-hybridized carbons (Fsp3) is 0.263. The molecule has 0 bridgehead atoms. The normalized spacial score (nSPS) is 9.76. The summed E-state index contributed by atoms with van der Waals surface area (Å²) in [6.45, 7) is 2.82. The molecule has 1 nitrogen and oxygen atoms in total. The number of hydrogen-bond acceptors (Lipinski definition) is 1. The maximum absolute atomic E-state index is 13.2. The summed E-state index contributed by atoms with van der Waals surface area (Å²) in [5.74, 6) is -0.176. The summed E-state index contributed by atoms with van der Waals surface area (Å²) >= 11 is 0. The highest BCUT2D eigenvalue weighted by atomic mass is 19.1. The summed E-state index contributed by atoms with van der Waals surface area (Å²) in [6.07, 6.45) is 10.7. The van der Waals surface area contributed by atoms with E-state index in [2.05, 4.69) is 38.0 Å². The van der Waals surface area contributed by atoms with Crippen LogP contribution in [0.25, 0.3) is 0 Å². The number of rotatable bonds is 5. The van der Waals surface area contributed by atoms with Crippen LogP contribution in [0.15, 0.2) is 42.5 Å². The van der Waals surface area contributed by atoms with Crippen LogP contribution >= 0.6 is 0 Å². The van der Waals surface area contributed by atoms with Gasteiger partial charge in [0.1, 0.15) is 5.82 Å².